The summed E-state index contributed by atoms with van der Waals surface area (Å²) >= 11 is 1.26. The van der Waals surface area contributed by atoms with E-state index in [-0.39, 0.29) is 11.3 Å². The van der Waals surface area contributed by atoms with Crippen LogP contribution in [0.5, 0.6) is 0 Å². The number of Topliss-reactive ketones (excluding diaryl/α,β-unsaturated/α-hetero) is 1. The van der Waals surface area contributed by atoms with Gasteiger partial charge >= 0.3 is 0 Å². The molecule has 9 heteroatoms. The number of amides is 1. The van der Waals surface area contributed by atoms with Crippen molar-refractivity contribution in [1.82, 2.24) is 4.98 Å². The molecule has 2 heterocycles. The van der Waals surface area contributed by atoms with Crippen LogP contribution in [0.3, 0.4) is 0 Å². The average Bonchev–Trinajstić information content (AvgIpc) is 3.20. The number of aromatic nitrogens is 1. The maximum atomic E-state index is 12.8. The van der Waals surface area contributed by atoms with Crippen molar-refractivity contribution in [3.63, 3.8) is 0 Å². The van der Waals surface area contributed by atoms with Crippen LogP contribution in [0.2, 0.25) is 0 Å². The molecule has 2 aromatic carbocycles. The summed E-state index contributed by atoms with van der Waals surface area (Å²) in [6, 6.07) is 11.9. The summed E-state index contributed by atoms with van der Waals surface area (Å²) in [7, 11) is 0. The van der Waals surface area contributed by atoms with Crippen molar-refractivity contribution in [2.75, 3.05) is 4.90 Å². The number of benzene rings is 2. The van der Waals surface area contributed by atoms with Gasteiger partial charge in [-0.1, -0.05) is 23.5 Å². The second-order valence-corrected chi connectivity index (χ2v) is 7.22. The van der Waals surface area contributed by atoms with Crippen LogP contribution in [0.15, 0.2) is 59.9 Å². The Balaban J connectivity index is 1.87. The molecule has 1 amide bonds. The lowest BCUT2D eigenvalue weighted by atomic mass is 9.97. The zero-order valence-electron chi connectivity index (χ0n) is 14.5. The highest BCUT2D eigenvalue weighted by molar-refractivity contribution is 7.22. The van der Waals surface area contributed by atoms with Gasteiger partial charge < -0.3 is 5.11 Å². The molecule has 0 spiro atoms. The number of rotatable bonds is 4. The number of hydrogen-bond acceptors (Lipinski definition) is 7. The van der Waals surface area contributed by atoms with Gasteiger partial charge in [0.15, 0.2) is 16.7 Å². The van der Waals surface area contributed by atoms with Gasteiger partial charge in [0.05, 0.1) is 26.8 Å². The van der Waals surface area contributed by atoms with Crippen LogP contribution in [0.4, 0.5) is 10.8 Å². The quantitative estimate of drug-likeness (QED) is 0.532. The highest BCUT2D eigenvalue weighted by Gasteiger charge is 2.44. The fourth-order valence-electron chi connectivity index (χ4n) is 3.22. The molecule has 0 radical (unpaired) electrons. The van der Waals surface area contributed by atoms with Gasteiger partial charge in [0.25, 0.3) is 11.6 Å². The Kier molecular flexibility index (Phi) is 4.16. The molecule has 0 aliphatic carbocycles. The Hall–Kier alpha value is -3.59. The first kappa shape index (κ1) is 17.8. The van der Waals surface area contributed by atoms with Gasteiger partial charge in [-0.25, -0.2) is 4.98 Å². The molecule has 1 atom stereocenters. The number of ketones is 1. The average molecular weight is 395 g/mol. The lowest BCUT2D eigenvalue weighted by Crippen LogP contribution is -2.30. The lowest BCUT2D eigenvalue weighted by molar-refractivity contribution is -0.384. The normalized spacial score (nSPS) is 16.8. The van der Waals surface area contributed by atoms with Gasteiger partial charge in [0.2, 0.25) is 0 Å². The number of fused-ring (bicyclic) bond motifs is 1. The van der Waals surface area contributed by atoms with Gasteiger partial charge in [0, 0.05) is 12.1 Å². The number of nitrogens with zero attached hydrogens (tertiary/aromatic N) is 3. The van der Waals surface area contributed by atoms with Crippen LogP contribution in [-0.2, 0) is 9.59 Å². The lowest BCUT2D eigenvalue weighted by Gasteiger charge is -2.24. The summed E-state index contributed by atoms with van der Waals surface area (Å²) in [4.78, 5) is 41.1. The van der Waals surface area contributed by atoms with E-state index in [9.17, 15) is 24.8 Å². The summed E-state index contributed by atoms with van der Waals surface area (Å²) in [5, 5.41) is 21.6. The number of aliphatic hydroxyl groups is 1. The Labute approximate surface area is 162 Å². The minimum absolute atomic E-state index is 0.0573. The van der Waals surface area contributed by atoms with E-state index in [4.69, 9.17) is 0 Å². The van der Waals surface area contributed by atoms with Gasteiger partial charge in [0.1, 0.15) is 0 Å². The summed E-state index contributed by atoms with van der Waals surface area (Å²) < 4.78 is 0.850. The number of carbonyl (C=O) groups excluding carboxylic acids is 2. The number of para-hydroxylation sites is 1. The van der Waals surface area contributed by atoms with Crippen LogP contribution >= 0.6 is 11.3 Å². The number of nitro benzene ring substituents is 1. The maximum Gasteiger partial charge on any atom is 0.296 e. The monoisotopic (exact) mass is 395 g/mol. The van der Waals surface area contributed by atoms with Crippen molar-refractivity contribution in [3.05, 3.63) is 75.5 Å². The van der Waals surface area contributed by atoms with E-state index in [1.54, 1.807) is 6.07 Å². The number of non-ortho nitro benzene ring substituents is 1. The standard InChI is InChI=1S/C19H13N3O5S/c1-10(23)15-16(11-6-8-12(9-7-11)22(26)27)21(18(25)17(15)24)19-20-13-4-2-3-5-14(13)28-19/h2-9,16,24H,1H3/t16-/m1/s1. The number of carbonyl (C=O) groups is 2. The molecular weight excluding hydrogens is 382 g/mol. The summed E-state index contributed by atoms with van der Waals surface area (Å²) in [6.07, 6.45) is 0. The highest BCUT2D eigenvalue weighted by atomic mass is 32.1. The van der Waals surface area contributed by atoms with E-state index in [1.807, 2.05) is 18.2 Å². The second kappa shape index (κ2) is 6.54. The molecule has 1 N–H and O–H groups in total. The van der Waals surface area contributed by atoms with E-state index in [0.29, 0.717) is 16.2 Å². The molecule has 0 unspecified atom stereocenters. The third-order valence-electron chi connectivity index (χ3n) is 4.50. The van der Waals surface area contributed by atoms with Gasteiger partial charge in [-0.3, -0.25) is 24.6 Å². The second-order valence-electron chi connectivity index (χ2n) is 6.21. The fourth-order valence-corrected chi connectivity index (χ4v) is 4.21. The Morgan fingerprint density at radius 1 is 1.21 bits per heavy atom. The molecule has 4 rings (SSSR count). The molecule has 28 heavy (non-hydrogen) atoms. The number of hydrogen-bond donors (Lipinski definition) is 1. The van der Waals surface area contributed by atoms with E-state index in [0.717, 1.165) is 4.70 Å². The summed E-state index contributed by atoms with van der Waals surface area (Å²) in [5.41, 5.74) is 0.983. The molecule has 0 fully saturated rings. The SMILES string of the molecule is CC(=O)C1=C(O)C(=O)N(c2nc3ccccc3s2)[C@@H]1c1ccc([N+](=O)[O-])cc1. The topological polar surface area (TPSA) is 114 Å². The predicted molar refractivity (Wildman–Crippen MR) is 103 cm³/mol. The minimum Gasteiger partial charge on any atom is -0.503 e. The fraction of sp³-hybridized carbons (Fsp3) is 0.105. The molecule has 0 bridgehead atoms. The molecule has 3 aromatic rings. The Morgan fingerprint density at radius 2 is 1.89 bits per heavy atom. The number of thiazole rings is 1. The van der Waals surface area contributed by atoms with Crippen molar-refractivity contribution in [1.29, 1.82) is 0 Å². The predicted octanol–water partition coefficient (Wildman–Crippen LogP) is 3.69. The van der Waals surface area contributed by atoms with E-state index in [2.05, 4.69) is 4.98 Å². The molecular formula is C19H13N3O5S. The summed E-state index contributed by atoms with van der Waals surface area (Å²) in [6.45, 7) is 1.26. The van der Waals surface area contributed by atoms with E-state index >= 15 is 0 Å². The molecule has 8 nitrogen and oxygen atoms in total. The number of aliphatic hydroxyl groups excluding tert-OH is 1. The van der Waals surface area contributed by atoms with Crippen molar-refractivity contribution in [3.8, 4) is 0 Å². The van der Waals surface area contributed by atoms with Gasteiger partial charge in [-0.15, -0.1) is 0 Å². The van der Waals surface area contributed by atoms with Crippen LogP contribution in [0.1, 0.15) is 18.5 Å². The smallest absolute Gasteiger partial charge is 0.296 e. The molecule has 0 saturated carbocycles. The van der Waals surface area contributed by atoms with Crippen molar-refractivity contribution in [2.24, 2.45) is 0 Å². The molecule has 0 saturated heterocycles. The Morgan fingerprint density at radius 3 is 2.50 bits per heavy atom. The van der Waals surface area contributed by atoms with E-state index < -0.39 is 28.4 Å². The maximum absolute atomic E-state index is 12.8. The van der Waals surface area contributed by atoms with Crippen LogP contribution in [0.25, 0.3) is 10.2 Å². The first-order valence-electron chi connectivity index (χ1n) is 8.26. The summed E-state index contributed by atoms with van der Waals surface area (Å²) in [5.74, 6) is -1.82. The minimum atomic E-state index is -0.911. The highest BCUT2D eigenvalue weighted by Crippen LogP contribution is 2.43. The molecule has 140 valence electrons. The van der Waals surface area contributed by atoms with Gasteiger partial charge in [-0.2, -0.15) is 0 Å². The van der Waals surface area contributed by atoms with Crippen molar-refractivity contribution < 1.29 is 19.6 Å². The van der Waals surface area contributed by atoms with Crippen molar-refractivity contribution >= 4 is 44.1 Å². The molecule has 1 aromatic heterocycles. The Bertz CT molecular complexity index is 1130. The number of nitro groups is 1. The zero-order chi connectivity index (χ0) is 20.0. The van der Waals surface area contributed by atoms with E-state index in [1.165, 1.54) is 47.4 Å². The van der Waals surface area contributed by atoms with Crippen LogP contribution in [-0.4, -0.2) is 26.7 Å². The van der Waals surface area contributed by atoms with Crippen LogP contribution < -0.4 is 4.90 Å². The number of anilines is 1. The third kappa shape index (κ3) is 2.72. The first-order valence-corrected chi connectivity index (χ1v) is 9.07. The van der Waals surface area contributed by atoms with Crippen molar-refractivity contribution in [2.45, 2.75) is 13.0 Å². The van der Waals surface area contributed by atoms with Gasteiger partial charge in [-0.05, 0) is 36.8 Å². The zero-order valence-corrected chi connectivity index (χ0v) is 15.3. The largest absolute Gasteiger partial charge is 0.503 e. The third-order valence-corrected chi connectivity index (χ3v) is 5.53. The van der Waals surface area contributed by atoms with Crippen LogP contribution in [0, 0.1) is 10.1 Å². The first-order chi connectivity index (χ1) is 13.4. The molecule has 1 aliphatic rings. The molecule has 1 aliphatic heterocycles.